The first-order valence-corrected chi connectivity index (χ1v) is 14.2. The second kappa shape index (κ2) is 10.8. The van der Waals surface area contributed by atoms with Gasteiger partial charge in [0.05, 0.1) is 51.4 Å². The van der Waals surface area contributed by atoms with Crippen LogP contribution in [0.25, 0.3) is 33.5 Å². The van der Waals surface area contributed by atoms with Crippen LogP contribution >= 0.6 is 0 Å². The molecule has 0 atom stereocenters. The average Bonchev–Trinajstić information content (AvgIpc) is 3.51. The van der Waals surface area contributed by atoms with Crippen LogP contribution in [0.3, 0.4) is 0 Å². The maximum absolute atomic E-state index is 11.3. The summed E-state index contributed by atoms with van der Waals surface area (Å²) in [5.74, 6) is 1.82. The molecule has 38 heavy (non-hydrogen) atoms. The van der Waals surface area contributed by atoms with E-state index in [4.69, 9.17) is 18.6 Å². The number of nitrogens with zero attached hydrogens (tertiary/aromatic N) is 2. The van der Waals surface area contributed by atoms with Gasteiger partial charge in [-0.15, -0.1) is 0 Å². The molecule has 0 saturated heterocycles. The Hall–Kier alpha value is -3.98. The van der Waals surface area contributed by atoms with E-state index in [0.717, 1.165) is 5.56 Å². The predicted molar refractivity (Wildman–Crippen MR) is 140 cm³/mol. The van der Waals surface area contributed by atoms with Gasteiger partial charge in [-0.25, -0.2) is 9.97 Å². The van der Waals surface area contributed by atoms with Crippen LogP contribution in [0.2, 0.25) is 0 Å². The highest BCUT2D eigenvalue weighted by atomic mass is 32.2. The molecule has 3 aromatic carbocycles. The SMILES string of the molecule is CCOc1ccc(-c2nc3ccc(S(=O)(=O)O)cc3[nH]2)cc1OCC.O=S(=O)(O)c1ccc2nc[nH]c2c1. The molecule has 14 heteroatoms. The molecule has 12 nitrogen and oxygen atoms in total. The Labute approximate surface area is 218 Å². The van der Waals surface area contributed by atoms with E-state index >= 15 is 0 Å². The molecule has 5 aromatic rings. The number of aromatic nitrogens is 4. The van der Waals surface area contributed by atoms with Gasteiger partial charge < -0.3 is 19.4 Å². The number of imidazole rings is 2. The van der Waals surface area contributed by atoms with E-state index in [0.29, 0.717) is 52.6 Å². The van der Waals surface area contributed by atoms with Gasteiger partial charge in [0, 0.05) is 5.56 Å². The summed E-state index contributed by atoms with van der Waals surface area (Å²) in [5, 5.41) is 0. The zero-order valence-electron chi connectivity index (χ0n) is 20.2. The molecule has 0 radical (unpaired) electrons. The molecular formula is C24H24N4O8S2. The minimum atomic E-state index is -4.26. The van der Waals surface area contributed by atoms with Gasteiger partial charge in [0.15, 0.2) is 11.5 Å². The lowest BCUT2D eigenvalue weighted by Gasteiger charge is -2.11. The highest BCUT2D eigenvalue weighted by molar-refractivity contribution is 7.86. The minimum absolute atomic E-state index is 0.135. The van der Waals surface area contributed by atoms with E-state index in [-0.39, 0.29) is 9.79 Å². The maximum atomic E-state index is 11.3. The Morgan fingerprint density at radius 2 is 1.37 bits per heavy atom. The largest absolute Gasteiger partial charge is 0.490 e. The second-order valence-corrected chi connectivity index (χ2v) is 10.7. The van der Waals surface area contributed by atoms with Gasteiger partial charge in [-0.3, -0.25) is 9.11 Å². The standard InChI is InChI=1S/C17H18N2O5S.C7H6N2O3S/c1-3-23-15-8-5-11(9-16(15)24-4-2)17-18-13-7-6-12(25(20,21)22)10-14(13)19-17;10-13(11,12)5-1-2-6-7(3-5)9-4-8-6/h5-10H,3-4H2,1-2H3,(H,18,19)(H,20,21,22);1-4H,(H,8,9)(H,10,11,12). The topological polar surface area (TPSA) is 185 Å². The molecule has 0 aliphatic rings. The lowest BCUT2D eigenvalue weighted by Crippen LogP contribution is -1.98. The number of hydrogen-bond donors (Lipinski definition) is 4. The highest BCUT2D eigenvalue weighted by Crippen LogP contribution is 2.33. The molecule has 0 saturated carbocycles. The Morgan fingerprint density at radius 3 is 2.00 bits per heavy atom. The third-order valence-corrected chi connectivity index (χ3v) is 6.96. The van der Waals surface area contributed by atoms with Gasteiger partial charge in [0.2, 0.25) is 0 Å². The number of nitrogens with one attached hydrogen (secondary N) is 2. The fourth-order valence-electron chi connectivity index (χ4n) is 3.56. The van der Waals surface area contributed by atoms with Gasteiger partial charge >= 0.3 is 0 Å². The van der Waals surface area contributed by atoms with E-state index in [9.17, 15) is 16.8 Å². The fraction of sp³-hybridized carbons (Fsp3) is 0.167. The van der Waals surface area contributed by atoms with Crippen molar-refractivity contribution in [3.8, 4) is 22.9 Å². The Balaban J connectivity index is 0.000000216. The molecule has 2 aromatic heterocycles. The van der Waals surface area contributed by atoms with Crippen LogP contribution < -0.4 is 9.47 Å². The van der Waals surface area contributed by atoms with Gasteiger partial charge in [-0.1, -0.05) is 0 Å². The normalized spacial score (nSPS) is 11.8. The van der Waals surface area contributed by atoms with Crippen molar-refractivity contribution < 1.29 is 35.4 Å². The van der Waals surface area contributed by atoms with E-state index in [1.807, 2.05) is 26.0 Å². The molecule has 0 amide bonds. The molecule has 2 heterocycles. The summed E-state index contributed by atoms with van der Waals surface area (Å²) in [6.45, 7) is 4.82. The number of rotatable bonds is 7. The number of fused-ring (bicyclic) bond motifs is 2. The monoisotopic (exact) mass is 560 g/mol. The summed E-state index contributed by atoms with van der Waals surface area (Å²) < 4.78 is 73.0. The summed E-state index contributed by atoms with van der Waals surface area (Å²) in [7, 11) is -8.38. The first kappa shape index (κ1) is 27.1. The number of H-pyrrole nitrogens is 2. The van der Waals surface area contributed by atoms with Crippen LogP contribution in [0.5, 0.6) is 11.5 Å². The quantitative estimate of drug-likeness (QED) is 0.211. The van der Waals surface area contributed by atoms with Crippen molar-refractivity contribution in [3.05, 3.63) is 60.9 Å². The Bertz CT molecular complexity index is 1810. The Kier molecular flexibility index (Phi) is 7.68. The van der Waals surface area contributed by atoms with Crippen molar-refractivity contribution in [2.45, 2.75) is 23.6 Å². The third-order valence-electron chi connectivity index (χ3n) is 5.26. The van der Waals surface area contributed by atoms with Crippen LogP contribution in [0.4, 0.5) is 0 Å². The smallest absolute Gasteiger partial charge is 0.294 e. The summed E-state index contributed by atoms with van der Waals surface area (Å²) in [6.07, 6.45) is 1.46. The van der Waals surface area contributed by atoms with Crippen LogP contribution in [0, 0.1) is 0 Å². The van der Waals surface area contributed by atoms with Gasteiger partial charge in [0.25, 0.3) is 20.2 Å². The molecular weight excluding hydrogens is 536 g/mol. The lowest BCUT2D eigenvalue weighted by molar-refractivity contribution is 0.288. The van der Waals surface area contributed by atoms with Crippen molar-refractivity contribution >= 4 is 42.3 Å². The summed E-state index contributed by atoms with van der Waals surface area (Å²) in [5.41, 5.74) is 3.12. The second-order valence-electron chi connectivity index (χ2n) is 7.82. The zero-order valence-corrected chi connectivity index (χ0v) is 21.9. The summed E-state index contributed by atoms with van der Waals surface area (Å²) in [6, 6.07) is 13.8. The van der Waals surface area contributed by atoms with Crippen LogP contribution in [0.15, 0.2) is 70.7 Å². The predicted octanol–water partition coefficient (Wildman–Crippen LogP) is 4.08. The van der Waals surface area contributed by atoms with Crippen molar-refractivity contribution in [2.24, 2.45) is 0 Å². The molecule has 0 bridgehead atoms. The number of ether oxygens (including phenoxy) is 2. The van der Waals surface area contributed by atoms with Gasteiger partial charge in [0.1, 0.15) is 5.82 Å². The van der Waals surface area contributed by atoms with Crippen molar-refractivity contribution in [3.63, 3.8) is 0 Å². The molecule has 0 fully saturated rings. The van der Waals surface area contributed by atoms with Crippen LogP contribution in [-0.2, 0) is 20.2 Å². The van der Waals surface area contributed by atoms with E-state index < -0.39 is 20.2 Å². The summed E-state index contributed by atoms with van der Waals surface area (Å²) >= 11 is 0. The molecule has 5 rings (SSSR count). The third kappa shape index (κ3) is 6.11. The van der Waals surface area contributed by atoms with E-state index in [2.05, 4.69) is 19.9 Å². The minimum Gasteiger partial charge on any atom is -0.490 e. The molecule has 4 N–H and O–H groups in total. The Morgan fingerprint density at radius 1 is 0.763 bits per heavy atom. The average molecular weight is 561 g/mol. The van der Waals surface area contributed by atoms with Crippen molar-refractivity contribution in [2.75, 3.05) is 13.2 Å². The number of aromatic amines is 2. The van der Waals surface area contributed by atoms with E-state index in [1.54, 1.807) is 6.07 Å². The zero-order chi connectivity index (χ0) is 27.5. The lowest BCUT2D eigenvalue weighted by atomic mass is 10.2. The van der Waals surface area contributed by atoms with E-state index in [1.165, 1.54) is 42.7 Å². The molecule has 0 aliphatic heterocycles. The van der Waals surface area contributed by atoms with Gasteiger partial charge in [-0.2, -0.15) is 16.8 Å². The highest BCUT2D eigenvalue weighted by Gasteiger charge is 2.14. The number of hydrogen-bond acceptors (Lipinski definition) is 8. The molecule has 200 valence electrons. The molecule has 0 spiro atoms. The van der Waals surface area contributed by atoms with Crippen molar-refractivity contribution in [1.82, 2.24) is 19.9 Å². The fourth-order valence-corrected chi connectivity index (χ4v) is 4.57. The summed E-state index contributed by atoms with van der Waals surface area (Å²) in [4.78, 5) is 13.9. The maximum Gasteiger partial charge on any atom is 0.294 e. The number of benzene rings is 3. The van der Waals surface area contributed by atoms with Crippen molar-refractivity contribution in [1.29, 1.82) is 0 Å². The molecule has 0 aliphatic carbocycles. The van der Waals surface area contributed by atoms with Crippen LogP contribution in [0.1, 0.15) is 13.8 Å². The molecule has 0 unspecified atom stereocenters. The first-order chi connectivity index (χ1) is 18.0. The van der Waals surface area contributed by atoms with Crippen LogP contribution in [-0.4, -0.2) is 59.1 Å². The first-order valence-electron chi connectivity index (χ1n) is 11.3. The van der Waals surface area contributed by atoms with Gasteiger partial charge in [-0.05, 0) is 68.4 Å².